The maximum atomic E-state index is 11.9. The number of fused-ring (bicyclic) bond motifs is 1. The number of likely N-dealkylation sites (tertiary alicyclic amines) is 1. The van der Waals surface area contributed by atoms with E-state index in [4.69, 9.17) is 4.74 Å². The number of imidazole rings is 1. The molecule has 3 heterocycles. The molecule has 2 N–H and O–H groups in total. The molecule has 2 aliphatic rings. The van der Waals surface area contributed by atoms with E-state index < -0.39 is 0 Å². The average Bonchev–Trinajstić information content (AvgIpc) is 3.04. The largest absolute Gasteiger partial charge is 0.383 e. The maximum Gasteiger partial charge on any atom is 0.271 e. The summed E-state index contributed by atoms with van der Waals surface area (Å²) in [6.07, 6.45) is 2.98. The van der Waals surface area contributed by atoms with Gasteiger partial charge in [0.05, 0.1) is 6.61 Å². The predicted molar refractivity (Wildman–Crippen MR) is 74.9 cm³/mol. The van der Waals surface area contributed by atoms with Crippen LogP contribution in [0.1, 0.15) is 40.8 Å². The molecule has 0 radical (unpaired) electrons. The highest BCUT2D eigenvalue weighted by Gasteiger charge is 2.28. The summed E-state index contributed by atoms with van der Waals surface area (Å²) in [5.74, 6) is 1.35. The van der Waals surface area contributed by atoms with Gasteiger partial charge in [0.25, 0.3) is 5.91 Å². The molecule has 0 spiro atoms. The van der Waals surface area contributed by atoms with E-state index in [1.807, 2.05) is 0 Å². The van der Waals surface area contributed by atoms with Crippen LogP contribution in [0, 0.1) is 0 Å². The van der Waals surface area contributed by atoms with Crippen LogP contribution in [0.15, 0.2) is 0 Å². The molecule has 0 aliphatic carbocycles. The van der Waals surface area contributed by atoms with E-state index in [0.717, 1.165) is 63.6 Å². The number of aryl methyl sites for hydroxylation is 1. The Hall–Kier alpha value is -1.40. The molecular weight excluding hydrogens is 256 g/mol. The van der Waals surface area contributed by atoms with Gasteiger partial charge in [0, 0.05) is 38.4 Å². The zero-order valence-corrected chi connectivity index (χ0v) is 11.9. The summed E-state index contributed by atoms with van der Waals surface area (Å²) >= 11 is 0. The van der Waals surface area contributed by atoms with Crippen molar-refractivity contribution in [2.24, 2.45) is 0 Å². The topological polar surface area (TPSA) is 70.2 Å². The third kappa shape index (κ3) is 2.71. The summed E-state index contributed by atoms with van der Waals surface area (Å²) in [6.45, 7) is 4.55. The number of aromatic amines is 1. The molecule has 1 atom stereocenters. The van der Waals surface area contributed by atoms with Crippen LogP contribution in [0.4, 0.5) is 0 Å². The zero-order chi connectivity index (χ0) is 13.9. The number of nitrogens with zero attached hydrogens (tertiary/aromatic N) is 2. The van der Waals surface area contributed by atoms with Gasteiger partial charge in [0.2, 0.25) is 0 Å². The highest BCUT2D eigenvalue weighted by atomic mass is 16.5. The van der Waals surface area contributed by atoms with E-state index >= 15 is 0 Å². The summed E-state index contributed by atoms with van der Waals surface area (Å²) in [4.78, 5) is 22.3. The molecule has 1 amide bonds. The SMILES string of the molecule is COCCN1CCC(c2nc3c([nH]2)CCCNC3=O)C1. The number of nitrogens with one attached hydrogen (secondary N) is 2. The van der Waals surface area contributed by atoms with Crippen LogP contribution < -0.4 is 5.32 Å². The van der Waals surface area contributed by atoms with Crippen LogP contribution in [-0.4, -0.2) is 60.7 Å². The Morgan fingerprint density at radius 3 is 3.25 bits per heavy atom. The Bertz CT molecular complexity index is 486. The molecule has 6 heteroatoms. The quantitative estimate of drug-likeness (QED) is 0.842. The summed E-state index contributed by atoms with van der Waals surface area (Å²) in [6, 6.07) is 0. The molecule has 110 valence electrons. The molecule has 1 aromatic heterocycles. The van der Waals surface area contributed by atoms with Gasteiger partial charge in [-0.2, -0.15) is 0 Å². The van der Waals surface area contributed by atoms with Gasteiger partial charge in [0.15, 0.2) is 0 Å². The third-order valence-corrected chi connectivity index (χ3v) is 4.17. The van der Waals surface area contributed by atoms with Gasteiger partial charge >= 0.3 is 0 Å². The molecule has 2 aliphatic heterocycles. The Balaban J connectivity index is 1.70. The van der Waals surface area contributed by atoms with Gasteiger partial charge < -0.3 is 19.9 Å². The summed E-state index contributed by atoms with van der Waals surface area (Å²) < 4.78 is 5.12. The Kier molecular flexibility index (Phi) is 4.03. The number of hydrogen-bond donors (Lipinski definition) is 2. The van der Waals surface area contributed by atoms with E-state index in [2.05, 4.69) is 20.2 Å². The number of methoxy groups -OCH3 is 1. The fourth-order valence-corrected chi connectivity index (χ4v) is 3.02. The first-order chi connectivity index (χ1) is 9.78. The maximum absolute atomic E-state index is 11.9. The number of rotatable bonds is 4. The molecule has 1 fully saturated rings. The number of amides is 1. The van der Waals surface area contributed by atoms with E-state index in [0.29, 0.717) is 11.6 Å². The number of carbonyl (C=O) groups is 1. The molecule has 6 nitrogen and oxygen atoms in total. The minimum absolute atomic E-state index is 0.0331. The molecule has 3 rings (SSSR count). The first kappa shape index (κ1) is 13.6. The summed E-state index contributed by atoms with van der Waals surface area (Å²) in [5.41, 5.74) is 1.61. The summed E-state index contributed by atoms with van der Waals surface area (Å²) in [7, 11) is 1.73. The molecule has 0 saturated carbocycles. The van der Waals surface area contributed by atoms with Crippen LogP contribution >= 0.6 is 0 Å². The van der Waals surface area contributed by atoms with Gasteiger partial charge in [-0.15, -0.1) is 0 Å². The van der Waals surface area contributed by atoms with Crippen LogP contribution in [-0.2, 0) is 11.2 Å². The highest BCUT2D eigenvalue weighted by molar-refractivity contribution is 5.93. The Labute approximate surface area is 118 Å². The van der Waals surface area contributed by atoms with Gasteiger partial charge in [-0.1, -0.05) is 0 Å². The second kappa shape index (κ2) is 5.93. The molecule has 1 aromatic rings. The van der Waals surface area contributed by atoms with Crippen molar-refractivity contribution >= 4 is 5.91 Å². The van der Waals surface area contributed by atoms with Gasteiger partial charge in [-0.3, -0.25) is 4.79 Å². The Morgan fingerprint density at radius 2 is 2.40 bits per heavy atom. The van der Waals surface area contributed by atoms with E-state index in [1.54, 1.807) is 7.11 Å². The highest BCUT2D eigenvalue weighted by Crippen LogP contribution is 2.26. The number of ether oxygens (including phenoxy) is 1. The second-order valence-electron chi connectivity index (χ2n) is 5.59. The predicted octanol–water partition coefficient (Wildman–Crippen LogP) is 0.521. The van der Waals surface area contributed by atoms with Crippen LogP contribution in [0.25, 0.3) is 0 Å². The lowest BCUT2D eigenvalue weighted by molar-refractivity contribution is 0.0951. The van der Waals surface area contributed by atoms with Crippen molar-refractivity contribution in [2.45, 2.75) is 25.2 Å². The van der Waals surface area contributed by atoms with Crippen LogP contribution in [0.5, 0.6) is 0 Å². The van der Waals surface area contributed by atoms with Crippen molar-refractivity contribution in [1.29, 1.82) is 0 Å². The molecule has 0 aromatic carbocycles. The van der Waals surface area contributed by atoms with Gasteiger partial charge in [-0.05, 0) is 25.8 Å². The van der Waals surface area contributed by atoms with Crippen molar-refractivity contribution in [3.8, 4) is 0 Å². The van der Waals surface area contributed by atoms with Gasteiger partial charge in [0.1, 0.15) is 11.5 Å². The summed E-state index contributed by atoms with van der Waals surface area (Å²) in [5, 5.41) is 2.89. The van der Waals surface area contributed by atoms with Gasteiger partial charge in [-0.25, -0.2) is 4.98 Å². The molecular formula is C14H22N4O2. The normalized spacial score (nSPS) is 23.4. The number of carbonyl (C=O) groups excluding carboxylic acids is 1. The van der Waals surface area contributed by atoms with Crippen molar-refractivity contribution in [3.63, 3.8) is 0 Å². The van der Waals surface area contributed by atoms with Crippen molar-refractivity contribution in [1.82, 2.24) is 20.2 Å². The number of H-pyrrole nitrogens is 1. The van der Waals surface area contributed by atoms with E-state index in [1.165, 1.54) is 0 Å². The minimum atomic E-state index is -0.0331. The Morgan fingerprint density at radius 1 is 1.50 bits per heavy atom. The fourth-order valence-electron chi connectivity index (χ4n) is 3.02. The number of aromatic nitrogens is 2. The standard InChI is InChI=1S/C14H22N4O2/c1-20-8-7-18-6-4-10(9-18)13-16-11-3-2-5-15-14(19)12(11)17-13/h10H,2-9H2,1H3,(H,15,19)(H,16,17). The smallest absolute Gasteiger partial charge is 0.271 e. The van der Waals surface area contributed by atoms with E-state index in [9.17, 15) is 4.79 Å². The zero-order valence-electron chi connectivity index (χ0n) is 11.9. The minimum Gasteiger partial charge on any atom is -0.383 e. The number of hydrogen-bond acceptors (Lipinski definition) is 4. The third-order valence-electron chi connectivity index (χ3n) is 4.17. The second-order valence-corrected chi connectivity index (χ2v) is 5.59. The van der Waals surface area contributed by atoms with Crippen LogP contribution in [0.2, 0.25) is 0 Å². The monoisotopic (exact) mass is 278 g/mol. The lowest BCUT2D eigenvalue weighted by atomic mass is 10.1. The lowest BCUT2D eigenvalue weighted by Crippen LogP contribution is -2.25. The molecule has 1 unspecified atom stereocenters. The molecule has 20 heavy (non-hydrogen) atoms. The average molecular weight is 278 g/mol. The molecule has 1 saturated heterocycles. The first-order valence-corrected chi connectivity index (χ1v) is 7.36. The van der Waals surface area contributed by atoms with Crippen molar-refractivity contribution < 1.29 is 9.53 Å². The van der Waals surface area contributed by atoms with Crippen LogP contribution in [0.3, 0.4) is 0 Å². The van der Waals surface area contributed by atoms with Crippen molar-refractivity contribution in [3.05, 3.63) is 17.2 Å². The van der Waals surface area contributed by atoms with E-state index in [-0.39, 0.29) is 5.91 Å². The lowest BCUT2D eigenvalue weighted by Gasteiger charge is -2.14. The first-order valence-electron chi connectivity index (χ1n) is 7.36. The van der Waals surface area contributed by atoms with Crippen molar-refractivity contribution in [2.75, 3.05) is 39.9 Å². The molecule has 0 bridgehead atoms. The fraction of sp³-hybridized carbons (Fsp3) is 0.714.